The molecule has 31 heavy (non-hydrogen) atoms. The van der Waals surface area contributed by atoms with E-state index in [9.17, 15) is 4.79 Å². The number of hydrogen-bond acceptors (Lipinski definition) is 7. The van der Waals surface area contributed by atoms with Gasteiger partial charge in [0, 0.05) is 37.5 Å². The van der Waals surface area contributed by atoms with Crippen molar-refractivity contribution in [2.24, 2.45) is 0 Å². The Labute approximate surface area is 186 Å². The molecule has 3 aromatic rings. The second-order valence-corrected chi connectivity index (χ2v) is 9.87. The lowest BCUT2D eigenvalue weighted by molar-refractivity contribution is -0.130. The van der Waals surface area contributed by atoms with Crippen LogP contribution >= 0.6 is 11.3 Å². The molecule has 0 radical (unpaired) electrons. The summed E-state index contributed by atoms with van der Waals surface area (Å²) in [6.45, 7) is 7.07. The van der Waals surface area contributed by atoms with Gasteiger partial charge in [0.15, 0.2) is 5.58 Å². The molecule has 2 aliphatic rings. The summed E-state index contributed by atoms with van der Waals surface area (Å²) >= 11 is 1.74. The van der Waals surface area contributed by atoms with Gasteiger partial charge in [-0.15, -0.1) is 10.2 Å². The highest BCUT2D eigenvalue weighted by atomic mass is 32.1. The number of benzene rings is 1. The van der Waals surface area contributed by atoms with Crippen LogP contribution in [0.2, 0.25) is 0 Å². The number of amides is 1. The lowest BCUT2D eigenvalue weighted by Gasteiger charge is -2.34. The van der Waals surface area contributed by atoms with Gasteiger partial charge in [-0.25, -0.2) is 0 Å². The van der Waals surface area contributed by atoms with Gasteiger partial charge in [-0.3, -0.25) is 4.79 Å². The number of aryl methyl sites for hydroxylation is 2. The van der Waals surface area contributed by atoms with Crippen LogP contribution in [0.1, 0.15) is 59.9 Å². The summed E-state index contributed by atoms with van der Waals surface area (Å²) in [6, 6.07) is 4.08. The number of hydrogen-bond donors (Lipinski definition) is 0. The first-order valence-electron chi connectivity index (χ1n) is 11.3. The quantitative estimate of drug-likeness (QED) is 0.605. The molecular formula is C23H29N5O2S. The van der Waals surface area contributed by atoms with E-state index in [0.717, 1.165) is 46.0 Å². The molecule has 1 aromatic carbocycles. The number of carbonyl (C=O) groups is 1. The number of aromatic nitrogens is 3. The third-order valence-electron chi connectivity index (χ3n) is 6.59. The van der Waals surface area contributed by atoms with Gasteiger partial charge in [0.2, 0.25) is 11.0 Å². The minimum Gasteiger partial charge on any atom is -0.356 e. The number of piperazine rings is 1. The first-order valence-corrected chi connectivity index (χ1v) is 12.1. The average Bonchev–Trinajstić information content (AvgIpc) is 3.42. The lowest BCUT2D eigenvalue weighted by atomic mass is 9.90. The van der Waals surface area contributed by atoms with Crippen LogP contribution in [0.3, 0.4) is 0 Å². The van der Waals surface area contributed by atoms with Gasteiger partial charge < -0.3 is 14.3 Å². The van der Waals surface area contributed by atoms with Crippen LogP contribution in [0.15, 0.2) is 16.7 Å². The van der Waals surface area contributed by atoms with Gasteiger partial charge in [0.25, 0.3) is 0 Å². The molecule has 0 bridgehead atoms. The van der Waals surface area contributed by atoms with Crippen LogP contribution in [-0.2, 0) is 11.2 Å². The summed E-state index contributed by atoms with van der Waals surface area (Å²) in [5.41, 5.74) is 3.74. The molecular weight excluding hydrogens is 410 g/mol. The summed E-state index contributed by atoms with van der Waals surface area (Å²) in [5.74, 6) is 0.697. The molecule has 2 aromatic heterocycles. The zero-order valence-corrected chi connectivity index (χ0v) is 19.1. The van der Waals surface area contributed by atoms with E-state index in [2.05, 4.69) is 26.3 Å². The Bertz CT molecular complexity index is 1080. The number of rotatable bonds is 4. The van der Waals surface area contributed by atoms with Crippen LogP contribution in [0.25, 0.3) is 11.0 Å². The lowest BCUT2D eigenvalue weighted by Crippen LogP contribution is -2.49. The maximum Gasteiger partial charge on any atom is 0.228 e. The smallest absolute Gasteiger partial charge is 0.228 e. The summed E-state index contributed by atoms with van der Waals surface area (Å²) in [7, 11) is 0. The van der Waals surface area contributed by atoms with E-state index in [1.165, 1.54) is 37.1 Å². The highest BCUT2D eigenvalue weighted by molar-refractivity contribution is 7.15. The number of fused-ring (bicyclic) bond motifs is 1. The fourth-order valence-electron chi connectivity index (χ4n) is 4.91. The molecule has 2 fully saturated rings. The van der Waals surface area contributed by atoms with Crippen LogP contribution in [0.5, 0.6) is 0 Å². The average molecular weight is 440 g/mol. The Hall–Kier alpha value is -2.48. The van der Waals surface area contributed by atoms with E-state index in [1.807, 2.05) is 24.8 Å². The van der Waals surface area contributed by atoms with E-state index in [1.54, 1.807) is 11.3 Å². The van der Waals surface area contributed by atoms with E-state index in [4.69, 9.17) is 4.52 Å². The molecule has 0 spiro atoms. The van der Waals surface area contributed by atoms with Crippen molar-refractivity contribution in [3.05, 3.63) is 34.0 Å². The van der Waals surface area contributed by atoms with E-state index in [-0.39, 0.29) is 12.3 Å². The summed E-state index contributed by atoms with van der Waals surface area (Å²) in [5, 5.41) is 16.3. The first-order chi connectivity index (χ1) is 15.1. The SMILES string of the molecule is Cc1cc(C)c2c(CC(=O)N3CCN(c4nnc(C5CCCCC5)s4)CC3)noc2c1. The first kappa shape index (κ1) is 20.4. The Morgan fingerprint density at radius 3 is 2.65 bits per heavy atom. The molecule has 7 nitrogen and oxygen atoms in total. The van der Waals surface area contributed by atoms with E-state index in [0.29, 0.717) is 19.0 Å². The van der Waals surface area contributed by atoms with Crippen molar-refractivity contribution in [2.75, 3.05) is 31.1 Å². The molecule has 1 aliphatic heterocycles. The van der Waals surface area contributed by atoms with Crippen molar-refractivity contribution in [1.29, 1.82) is 0 Å². The second-order valence-electron chi connectivity index (χ2n) is 8.89. The van der Waals surface area contributed by atoms with Crippen molar-refractivity contribution in [3.8, 4) is 0 Å². The molecule has 1 saturated carbocycles. The molecule has 164 valence electrons. The third-order valence-corrected chi connectivity index (χ3v) is 7.74. The topological polar surface area (TPSA) is 75.4 Å². The number of anilines is 1. The van der Waals surface area contributed by atoms with Gasteiger partial charge in [0.1, 0.15) is 10.7 Å². The zero-order valence-electron chi connectivity index (χ0n) is 18.3. The Morgan fingerprint density at radius 1 is 1.10 bits per heavy atom. The van der Waals surface area contributed by atoms with Gasteiger partial charge >= 0.3 is 0 Å². The molecule has 0 N–H and O–H groups in total. The molecule has 0 unspecified atom stereocenters. The molecule has 1 aliphatic carbocycles. The summed E-state index contributed by atoms with van der Waals surface area (Å²) < 4.78 is 5.48. The minimum atomic E-state index is 0.106. The van der Waals surface area contributed by atoms with Crippen molar-refractivity contribution in [3.63, 3.8) is 0 Å². The van der Waals surface area contributed by atoms with Crippen molar-refractivity contribution in [2.45, 2.75) is 58.3 Å². The van der Waals surface area contributed by atoms with Crippen molar-refractivity contribution >= 4 is 33.3 Å². The predicted molar refractivity (Wildman–Crippen MR) is 122 cm³/mol. The normalized spacial score (nSPS) is 18.1. The number of carbonyl (C=O) groups excluding carboxylic acids is 1. The van der Waals surface area contributed by atoms with Crippen molar-refractivity contribution in [1.82, 2.24) is 20.3 Å². The van der Waals surface area contributed by atoms with Crippen molar-refractivity contribution < 1.29 is 9.32 Å². The van der Waals surface area contributed by atoms with Gasteiger partial charge in [-0.2, -0.15) is 0 Å². The van der Waals surface area contributed by atoms with Gasteiger partial charge in [0.05, 0.1) is 6.42 Å². The molecule has 1 saturated heterocycles. The third kappa shape index (κ3) is 4.18. The predicted octanol–water partition coefficient (Wildman–Crippen LogP) is 4.24. The fraction of sp³-hybridized carbons (Fsp3) is 0.565. The van der Waals surface area contributed by atoms with Gasteiger partial charge in [-0.05, 0) is 43.9 Å². The second kappa shape index (κ2) is 8.57. The van der Waals surface area contributed by atoms with E-state index >= 15 is 0 Å². The minimum absolute atomic E-state index is 0.106. The van der Waals surface area contributed by atoms with Crippen LogP contribution in [0.4, 0.5) is 5.13 Å². The zero-order chi connectivity index (χ0) is 21.4. The maximum absolute atomic E-state index is 12.9. The Morgan fingerprint density at radius 2 is 1.87 bits per heavy atom. The molecule has 8 heteroatoms. The number of nitrogens with zero attached hydrogens (tertiary/aromatic N) is 5. The molecule has 1 amide bonds. The van der Waals surface area contributed by atoms with Gasteiger partial charge in [-0.1, -0.05) is 41.8 Å². The Kier molecular flexibility index (Phi) is 5.65. The van der Waals surface area contributed by atoms with Crippen LogP contribution in [0, 0.1) is 13.8 Å². The highest BCUT2D eigenvalue weighted by Gasteiger charge is 2.26. The standard InChI is InChI=1S/C23H29N5O2S/c1-15-12-16(2)21-18(26-30-19(21)13-15)14-20(29)27-8-10-28(11-9-27)23-25-24-22(31-23)17-6-4-3-5-7-17/h12-13,17H,3-11,14H2,1-2H3. The molecule has 0 atom stereocenters. The van der Waals surface area contributed by atoms with Crippen LogP contribution < -0.4 is 4.90 Å². The fourth-order valence-corrected chi connectivity index (χ4v) is 5.98. The summed E-state index contributed by atoms with van der Waals surface area (Å²) in [6.07, 6.45) is 6.73. The Balaban J connectivity index is 1.20. The largest absolute Gasteiger partial charge is 0.356 e. The highest BCUT2D eigenvalue weighted by Crippen LogP contribution is 2.36. The molecule has 5 rings (SSSR count). The summed E-state index contributed by atoms with van der Waals surface area (Å²) in [4.78, 5) is 17.1. The van der Waals surface area contributed by atoms with Crippen LogP contribution in [-0.4, -0.2) is 52.3 Å². The van der Waals surface area contributed by atoms with E-state index < -0.39 is 0 Å². The monoisotopic (exact) mass is 439 g/mol. The maximum atomic E-state index is 12.9. The molecule has 3 heterocycles.